The van der Waals surface area contributed by atoms with Gasteiger partial charge in [-0.1, -0.05) is 0 Å². The number of H-pyrrole nitrogens is 4. The van der Waals surface area contributed by atoms with E-state index in [1.54, 1.807) is 24.8 Å². The molecule has 27 heavy (non-hydrogen) atoms. The van der Waals surface area contributed by atoms with Crippen molar-refractivity contribution in [1.29, 1.82) is 0 Å². The molecule has 0 spiro atoms. The molecular weight excluding hydrogens is 457 g/mol. The Labute approximate surface area is 156 Å². The molecule has 0 aliphatic carbocycles. The second-order valence-corrected chi connectivity index (χ2v) is 19.8. The second kappa shape index (κ2) is 9.41. The van der Waals surface area contributed by atoms with Gasteiger partial charge in [0, 0.05) is 6.92 Å². The zero-order chi connectivity index (χ0) is 19.7. The van der Waals surface area contributed by atoms with E-state index in [9.17, 15) is 0 Å². The third-order valence-corrected chi connectivity index (χ3v) is 20.4. The molecule has 4 rings (SSSR count). The first-order chi connectivity index (χ1) is 13.2. The maximum absolute atomic E-state index is 9.00. The van der Waals surface area contributed by atoms with Crippen molar-refractivity contribution in [2.75, 3.05) is 0 Å². The van der Waals surface area contributed by atoms with Crippen LogP contribution >= 0.6 is 0 Å². The van der Waals surface area contributed by atoms with Crippen molar-refractivity contribution in [3.05, 3.63) is 37.9 Å². The van der Waals surface area contributed by atoms with E-state index in [1.807, 2.05) is 0 Å². The second-order valence-electron chi connectivity index (χ2n) is 5.44. The van der Waals surface area contributed by atoms with Gasteiger partial charge in [0.2, 0.25) is 0 Å². The maximum atomic E-state index is 9.00. The van der Waals surface area contributed by atoms with E-state index in [0.717, 1.165) is 19.9 Å². The van der Waals surface area contributed by atoms with Crippen molar-refractivity contribution >= 4 is 19.0 Å². The molecule has 4 aromatic rings. The fraction of sp³-hybridized carbons (Fsp3) is 0.0833. The Morgan fingerprint density at radius 2 is 1.00 bits per heavy atom. The van der Waals surface area contributed by atoms with Crippen molar-refractivity contribution < 1.29 is 31.1 Å². The van der Waals surface area contributed by atoms with Crippen molar-refractivity contribution in [1.82, 2.24) is 61.6 Å². The number of carboxylic acids is 1. The fourth-order valence-corrected chi connectivity index (χ4v) is 17.2. The molecule has 5 N–H and O–H groups in total. The molecule has 0 bridgehead atoms. The van der Waals surface area contributed by atoms with Gasteiger partial charge in [-0.3, -0.25) is 4.79 Å². The Kier molecular flexibility index (Phi) is 6.97. The molecule has 0 aliphatic rings. The van der Waals surface area contributed by atoms with Gasteiger partial charge in [-0.25, -0.2) is 0 Å². The van der Waals surface area contributed by atoms with Crippen LogP contribution in [0.4, 0.5) is 0 Å². The molecule has 14 nitrogen and oxygen atoms in total. The van der Waals surface area contributed by atoms with Gasteiger partial charge >= 0.3 is 121 Å². The van der Waals surface area contributed by atoms with Crippen molar-refractivity contribution in [2.45, 2.75) is 6.92 Å². The number of carbonyl (C=O) groups is 1. The van der Waals surface area contributed by atoms with Gasteiger partial charge in [0.15, 0.2) is 0 Å². The first kappa shape index (κ1) is 20.0. The average Bonchev–Trinajstić information content (AvgIpc) is 3.45. The van der Waals surface area contributed by atoms with Crippen LogP contribution in [0.3, 0.4) is 0 Å². The van der Waals surface area contributed by atoms with Crippen LogP contribution in [-0.2, 0) is 26.0 Å². The molecule has 4 heterocycles. The van der Waals surface area contributed by atoms with Crippen LogP contribution in [0.25, 0.3) is 0 Å². The Hall–Kier alpha value is -3.31. The predicted octanol–water partition coefficient (Wildman–Crippen LogP) is -3.19. The SMILES string of the molecule is C=C.CC(=O)O.c1[nH]nn[c]1[Cd]([c]1c[nH]nn1)([c]1c[nH]nn1)[c]1c[nH]nn1. The van der Waals surface area contributed by atoms with E-state index in [0.29, 0.717) is 0 Å². The van der Waals surface area contributed by atoms with E-state index >= 15 is 0 Å². The zero-order valence-electron chi connectivity index (χ0n) is 14.4. The molecule has 15 heteroatoms. The van der Waals surface area contributed by atoms with E-state index in [4.69, 9.17) is 9.90 Å². The minimum atomic E-state index is -4.15. The number of aromatic amines is 4. The van der Waals surface area contributed by atoms with Crippen LogP contribution in [0.5, 0.6) is 0 Å². The van der Waals surface area contributed by atoms with E-state index in [1.165, 1.54) is 0 Å². The molecule has 138 valence electrons. The van der Waals surface area contributed by atoms with Crippen LogP contribution in [0.15, 0.2) is 37.9 Å². The van der Waals surface area contributed by atoms with Crippen LogP contribution in [-0.4, -0.2) is 72.7 Å². The number of carboxylic acid groups (broad SMARTS) is 1. The van der Waals surface area contributed by atoms with Gasteiger partial charge in [0.1, 0.15) is 0 Å². The van der Waals surface area contributed by atoms with E-state index in [2.05, 4.69) is 74.8 Å². The van der Waals surface area contributed by atoms with Crippen LogP contribution in [0.2, 0.25) is 0 Å². The summed E-state index contributed by atoms with van der Waals surface area (Å²) < 4.78 is 3.08. The Morgan fingerprint density at radius 1 is 0.778 bits per heavy atom. The van der Waals surface area contributed by atoms with Gasteiger partial charge in [-0.15, -0.1) is 13.2 Å². The molecule has 0 aliphatic heterocycles. The van der Waals surface area contributed by atoms with Crippen LogP contribution in [0.1, 0.15) is 6.92 Å². The summed E-state index contributed by atoms with van der Waals surface area (Å²) in [5.74, 6) is -0.833. The molecule has 0 atom stereocenters. The van der Waals surface area contributed by atoms with Gasteiger partial charge in [-0.05, 0) is 0 Å². The Balaban J connectivity index is 0.000000389. The summed E-state index contributed by atoms with van der Waals surface area (Å²) in [5.41, 5.74) is 0. The summed E-state index contributed by atoms with van der Waals surface area (Å²) in [7, 11) is 0. The quantitative estimate of drug-likeness (QED) is 0.149. The number of nitrogens with one attached hydrogen (secondary N) is 4. The summed E-state index contributed by atoms with van der Waals surface area (Å²) in [4.78, 5) is 9.00. The zero-order valence-corrected chi connectivity index (χ0v) is 18.4. The molecule has 0 saturated heterocycles. The van der Waals surface area contributed by atoms with Gasteiger partial charge < -0.3 is 5.11 Å². The Morgan fingerprint density at radius 3 is 1.15 bits per heavy atom. The van der Waals surface area contributed by atoms with Crippen LogP contribution < -0.4 is 13.0 Å². The van der Waals surface area contributed by atoms with Gasteiger partial charge in [-0.2, -0.15) is 0 Å². The molecule has 0 amide bonds. The minimum absolute atomic E-state index is 0.771. The van der Waals surface area contributed by atoms with Crippen molar-refractivity contribution in [2.24, 2.45) is 0 Å². The molecule has 4 aromatic heterocycles. The number of rotatable bonds is 4. The summed E-state index contributed by atoms with van der Waals surface area (Å²) in [6, 6.07) is 0. The number of nitrogens with zero attached hydrogens (tertiary/aromatic N) is 8. The molecule has 0 unspecified atom stereocenters. The normalized spacial score (nSPS) is 9.67. The van der Waals surface area contributed by atoms with Crippen LogP contribution in [0, 0.1) is 0 Å². The van der Waals surface area contributed by atoms with Gasteiger partial charge in [0.25, 0.3) is 5.97 Å². The molecular formula is C12H16CdN12O2. The Bertz CT molecular complexity index is 758. The number of hydrogen-bond acceptors (Lipinski definition) is 9. The van der Waals surface area contributed by atoms with Crippen molar-refractivity contribution in [3.63, 3.8) is 0 Å². The first-order valence-corrected chi connectivity index (χ1v) is 15.8. The molecule has 0 aromatic carbocycles. The predicted molar refractivity (Wildman–Crippen MR) is 88.6 cm³/mol. The number of hydrogen-bond donors (Lipinski definition) is 5. The first-order valence-electron chi connectivity index (χ1n) is 7.74. The van der Waals surface area contributed by atoms with E-state index in [-0.39, 0.29) is 0 Å². The summed E-state index contributed by atoms with van der Waals surface area (Å²) in [6.07, 6.45) is 6.96. The standard InChI is InChI=1S/4C2H2N3.C2H4O2.C2H4.Cd/c4*1-2-4-5-3-1;1-2(3)4;1-2;/h4*1H,(H,3,4,5);1H3,(H,3,4);1-2H2;. The molecule has 0 saturated carbocycles. The number of aliphatic carboxylic acids is 1. The topological polar surface area (TPSA) is 204 Å². The summed E-state index contributed by atoms with van der Waals surface area (Å²) >= 11 is -4.15. The fourth-order valence-electron chi connectivity index (χ4n) is 3.05. The monoisotopic (exact) mass is 474 g/mol. The molecule has 0 radical (unpaired) electrons. The summed E-state index contributed by atoms with van der Waals surface area (Å²) in [5, 5.41) is 50.5. The van der Waals surface area contributed by atoms with Crippen molar-refractivity contribution in [3.8, 4) is 0 Å². The average molecular weight is 473 g/mol. The summed E-state index contributed by atoms with van der Waals surface area (Å²) in [6.45, 7) is 7.08. The van der Waals surface area contributed by atoms with E-state index < -0.39 is 27.1 Å². The third-order valence-electron chi connectivity index (χ3n) is 4.04. The third kappa shape index (κ3) is 4.10. The number of aromatic nitrogens is 12. The molecule has 0 fully saturated rings. The van der Waals surface area contributed by atoms with Gasteiger partial charge in [0.05, 0.1) is 0 Å².